The molecule has 1 N–H and O–H groups in total. The number of carbonyl (C=O) groups is 1. The zero-order valence-electron chi connectivity index (χ0n) is 11.1. The molecule has 3 heterocycles. The number of hydrogen-bond acceptors (Lipinski definition) is 3. The van der Waals surface area contributed by atoms with Crippen molar-refractivity contribution in [2.45, 2.75) is 44.3 Å². The highest BCUT2D eigenvalue weighted by molar-refractivity contribution is 5.75. The van der Waals surface area contributed by atoms with E-state index in [4.69, 9.17) is 4.74 Å². The highest BCUT2D eigenvalue weighted by atomic mass is 16.5. The molecule has 3 aliphatic heterocycles. The summed E-state index contributed by atoms with van der Waals surface area (Å²) >= 11 is 0. The van der Waals surface area contributed by atoms with Crippen molar-refractivity contribution in [1.29, 1.82) is 0 Å². The molecule has 0 aliphatic carbocycles. The fourth-order valence-electron chi connectivity index (χ4n) is 3.38. The van der Waals surface area contributed by atoms with E-state index in [0.29, 0.717) is 18.7 Å². The number of hydrogen-bond donors (Lipinski definition) is 1. The van der Waals surface area contributed by atoms with Gasteiger partial charge in [0.2, 0.25) is 0 Å². The van der Waals surface area contributed by atoms with Gasteiger partial charge in [0.1, 0.15) is 0 Å². The van der Waals surface area contributed by atoms with E-state index in [1.807, 2.05) is 4.90 Å². The molecule has 3 rings (SSSR count). The summed E-state index contributed by atoms with van der Waals surface area (Å²) in [6.45, 7) is 6.72. The van der Waals surface area contributed by atoms with Crippen LogP contribution in [0.1, 0.15) is 26.2 Å². The normalized spacial score (nSPS) is 36.7. The van der Waals surface area contributed by atoms with E-state index in [2.05, 4.69) is 17.1 Å². The molecular formula is C13H23N3O2. The smallest absolute Gasteiger partial charge is 0.318 e. The third kappa shape index (κ3) is 2.34. The summed E-state index contributed by atoms with van der Waals surface area (Å²) in [5, 5.41) is 3.10. The zero-order valence-corrected chi connectivity index (χ0v) is 11.1. The Labute approximate surface area is 108 Å². The van der Waals surface area contributed by atoms with Crippen molar-refractivity contribution in [3.05, 3.63) is 0 Å². The Balaban J connectivity index is 1.58. The Kier molecular flexibility index (Phi) is 3.43. The molecule has 5 heteroatoms. The average Bonchev–Trinajstić information content (AvgIpc) is 2.98. The minimum atomic E-state index is 0.101. The van der Waals surface area contributed by atoms with Gasteiger partial charge in [0.05, 0.1) is 12.6 Å². The van der Waals surface area contributed by atoms with Crippen LogP contribution >= 0.6 is 0 Å². The van der Waals surface area contributed by atoms with Gasteiger partial charge < -0.3 is 15.0 Å². The Hall–Kier alpha value is -0.810. The van der Waals surface area contributed by atoms with Crippen LogP contribution in [-0.4, -0.2) is 66.8 Å². The summed E-state index contributed by atoms with van der Waals surface area (Å²) in [5.74, 6) is 0. The topological polar surface area (TPSA) is 44.8 Å². The molecule has 3 aliphatic rings. The summed E-state index contributed by atoms with van der Waals surface area (Å²) in [4.78, 5) is 16.8. The Morgan fingerprint density at radius 3 is 3.00 bits per heavy atom. The van der Waals surface area contributed by atoms with Crippen LogP contribution in [0, 0.1) is 0 Å². The molecule has 0 bridgehead atoms. The molecule has 0 aromatic heterocycles. The van der Waals surface area contributed by atoms with E-state index in [9.17, 15) is 4.79 Å². The molecule has 0 spiro atoms. The number of amides is 2. The molecule has 2 amide bonds. The van der Waals surface area contributed by atoms with Crippen molar-refractivity contribution >= 4 is 6.03 Å². The Morgan fingerprint density at radius 2 is 2.22 bits per heavy atom. The standard InChI is InChI=1S/C13H23N3O2/c1-10-7-15-5-2-3-12(15)8-16(10)13(17)14-11-4-6-18-9-11/h10-12H,2-9H2,1H3,(H,14,17). The lowest BCUT2D eigenvalue weighted by Gasteiger charge is -2.42. The molecule has 0 aromatic rings. The van der Waals surface area contributed by atoms with Gasteiger partial charge in [-0.25, -0.2) is 4.79 Å². The van der Waals surface area contributed by atoms with Gasteiger partial charge in [0.15, 0.2) is 0 Å². The number of carbonyl (C=O) groups excluding carboxylic acids is 1. The summed E-state index contributed by atoms with van der Waals surface area (Å²) in [5.41, 5.74) is 0. The second-order valence-electron chi connectivity index (χ2n) is 5.80. The summed E-state index contributed by atoms with van der Waals surface area (Å²) in [6, 6.07) is 1.23. The molecule has 3 unspecified atom stereocenters. The van der Waals surface area contributed by atoms with Gasteiger partial charge in [-0.3, -0.25) is 4.90 Å². The van der Waals surface area contributed by atoms with Gasteiger partial charge in [-0.15, -0.1) is 0 Å². The number of nitrogens with zero attached hydrogens (tertiary/aromatic N) is 2. The molecular weight excluding hydrogens is 230 g/mol. The van der Waals surface area contributed by atoms with Gasteiger partial charge in [0.25, 0.3) is 0 Å². The van der Waals surface area contributed by atoms with E-state index in [1.165, 1.54) is 19.4 Å². The monoisotopic (exact) mass is 253 g/mol. The fraction of sp³-hybridized carbons (Fsp3) is 0.923. The summed E-state index contributed by atoms with van der Waals surface area (Å²) < 4.78 is 5.30. The van der Waals surface area contributed by atoms with Gasteiger partial charge in [-0.2, -0.15) is 0 Å². The van der Waals surface area contributed by atoms with E-state index >= 15 is 0 Å². The number of urea groups is 1. The molecule has 102 valence electrons. The molecule has 3 atom stereocenters. The van der Waals surface area contributed by atoms with Gasteiger partial charge >= 0.3 is 6.03 Å². The minimum Gasteiger partial charge on any atom is -0.379 e. The Bertz CT molecular complexity index is 317. The van der Waals surface area contributed by atoms with Crippen molar-refractivity contribution in [3.8, 4) is 0 Å². The summed E-state index contributed by atoms with van der Waals surface area (Å²) in [6.07, 6.45) is 3.47. The average molecular weight is 253 g/mol. The van der Waals surface area contributed by atoms with Crippen molar-refractivity contribution in [2.24, 2.45) is 0 Å². The maximum absolute atomic E-state index is 12.3. The largest absolute Gasteiger partial charge is 0.379 e. The van der Waals surface area contributed by atoms with E-state index in [1.54, 1.807) is 0 Å². The molecule has 5 nitrogen and oxygen atoms in total. The third-order valence-electron chi connectivity index (χ3n) is 4.46. The molecule has 0 radical (unpaired) electrons. The first-order chi connectivity index (χ1) is 8.74. The van der Waals surface area contributed by atoms with Gasteiger partial charge in [0, 0.05) is 31.8 Å². The van der Waals surface area contributed by atoms with E-state index in [-0.39, 0.29) is 12.1 Å². The predicted octanol–water partition coefficient (Wildman–Crippen LogP) is 0.653. The van der Waals surface area contributed by atoms with E-state index in [0.717, 1.165) is 26.1 Å². The first kappa shape index (κ1) is 12.2. The maximum atomic E-state index is 12.3. The van der Waals surface area contributed by atoms with Crippen LogP contribution in [0.5, 0.6) is 0 Å². The first-order valence-corrected chi connectivity index (χ1v) is 7.13. The van der Waals surface area contributed by atoms with Crippen LogP contribution in [0.3, 0.4) is 0 Å². The number of rotatable bonds is 1. The predicted molar refractivity (Wildman–Crippen MR) is 68.5 cm³/mol. The number of fused-ring (bicyclic) bond motifs is 1. The quantitative estimate of drug-likeness (QED) is 0.746. The van der Waals surface area contributed by atoms with Crippen LogP contribution < -0.4 is 5.32 Å². The second-order valence-corrected chi connectivity index (χ2v) is 5.80. The number of nitrogens with one attached hydrogen (secondary N) is 1. The fourth-order valence-corrected chi connectivity index (χ4v) is 3.38. The SMILES string of the molecule is CC1CN2CCCC2CN1C(=O)NC1CCOC1. The minimum absolute atomic E-state index is 0.101. The third-order valence-corrected chi connectivity index (χ3v) is 4.46. The molecule has 0 saturated carbocycles. The molecule has 0 aromatic carbocycles. The number of piperazine rings is 1. The van der Waals surface area contributed by atoms with Crippen LogP contribution in [0.25, 0.3) is 0 Å². The van der Waals surface area contributed by atoms with Crippen LogP contribution in [-0.2, 0) is 4.74 Å². The van der Waals surface area contributed by atoms with Crippen LogP contribution in [0.15, 0.2) is 0 Å². The van der Waals surface area contributed by atoms with Crippen molar-refractivity contribution in [3.63, 3.8) is 0 Å². The van der Waals surface area contributed by atoms with Gasteiger partial charge in [-0.1, -0.05) is 0 Å². The molecule has 18 heavy (non-hydrogen) atoms. The van der Waals surface area contributed by atoms with Crippen LogP contribution in [0.4, 0.5) is 4.79 Å². The van der Waals surface area contributed by atoms with E-state index < -0.39 is 0 Å². The lowest BCUT2D eigenvalue weighted by molar-refractivity contribution is 0.0786. The molecule has 3 saturated heterocycles. The lowest BCUT2D eigenvalue weighted by atomic mass is 10.1. The van der Waals surface area contributed by atoms with Crippen molar-refractivity contribution < 1.29 is 9.53 Å². The lowest BCUT2D eigenvalue weighted by Crippen LogP contribution is -2.59. The van der Waals surface area contributed by atoms with Gasteiger partial charge in [-0.05, 0) is 32.7 Å². The highest BCUT2D eigenvalue weighted by Gasteiger charge is 2.37. The van der Waals surface area contributed by atoms with Crippen molar-refractivity contribution in [2.75, 3.05) is 32.8 Å². The first-order valence-electron chi connectivity index (χ1n) is 7.13. The Morgan fingerprint density at radius 1 is 1.33 bits per heavy atom. The highest BCUT2D eigenvalue weighted by Crippen LogP contribution is 2.24. The second kappa shape index (κ2) is 5.05. The number of ether oxygens (including phenoxy) is 1. The maximum Gasteiger partial charge on any atom is 0.318 e. The summed E-state index contributed by atoms with van der Waals surface area (Å²) in [7, 11) is 0. The van der Waals surface area contributed by atoms with Crippen molar-refractivity contribution in [1.82, 2.24) is 15.1 Å². The molecule has 3 fully saturated rings. The zero-order chi connectivity index (χ0) is 12.5. The van der Waals surface area contributed by atoms with Crippen LogP contribution in [0.2, 0.25) is 0 Å².